The molecule has 0 saturated carbocycles. The van der Waals surface area contributed by atoms with Crippen molar-refractivity contribution in [1.29, 1.82) is 5.26 Å². The summed E-state index contributed by atoms with van der Waals surface area (Å²) in [5, 5.41) is 25.3. The van der Waals surface area contributed by atoms with Gasteiger partial charge in [0.25, 0.3) is 5.69 Å². The van der Waals surface area contributed by atoms with Crippen molar-refractivity contribution in [3.63, 3.8) is 0 Å². The summed E-state index contributed by atoms with van der Waals surface area (Å²) in [4.78, 5) is 28.1. The molecule has 3 aromatic carbocycles. The van der Waals surface area contributed by atoms with Gasteiger partial charge in [-0.1, -0.05) is 71.4 Å². The zero-order valence-corrected chi connectivity index (χ0v) is 21.7. The number of pyridine rings is 1. The highest BCUT2D eigenvalue weighted by molar-refractivity contribution is 8.00. The van der Waals surface area contributed by atoms with Crippen LogP contribution in [0.15, 0.2) is 77.8 Å². The molecular formula is C27H18Cl2N4O3S. The van der Waals surface area contributed by atoms with Gasteiger partial charge in [0.2, 0.25) is 5.91 Å². The summed E-state index contributed by atoms with van der Waals surface area (Å²) in [6.45, 7) is 1.62. The molecule has 37 heavy (non-hydrogen) atoms. The first-order valence-corrected chi connectivity index (χ1v) is 12.6. The zero-order valence-electron chi connectivity index (χ0n) is 19.4. The van der Waals surface area contributed by atoms with Crippen LogP contribution >= 0.6 is 35.0 Å². The summed E-state index contributed by atoms with van der Waals surface area (Å²) in [6.07, 6.45) is 0. The van der Waals surface area contributed by atoms with Crippen LogP contribution in [-0.2, 0) is 4.79 Å². The minimum atomic E-state index is -0.499. The molecule has 0 atom stereocenters. The third kappa shape index (κ3) is 6.09. The molecule has 0 saturated heterocycles. The summed E-state index contributed by atoms with van der Waals surface area (Å²) < 4.78 is 0. The second-order valence-electron chi connectivity index (χ2n) is 7.93. The maximum atomic E-state index is 12.7. The molecule has 4 aromatic rings. The standard InChI is InChI=1S/C27H18Cl2N4O3S/c1-16-6-11-19(12-25(16)33(35)36)31-26(34)15-37-27-22(14-30)21(20-4-2-3-5-23(20)29)13-24(32-27)17-7-9-18(28)10-8-17/h2-13H,15H2,1H3,(H,31,34). The molecule has 0 aliphatic rings. The average molecular weight is 549 g/mol. The lowest BCUT2D eigenvalue weighted by Gasteiger charge is -2.14. The van der Waals surface area contributed by atoms with E-state index in [1.807, 2.05) is 24.3 Å². The van der Waals surface area contributed by atoms with Gasteiger partial charge in [-0.3, -0.25) is 14.9 Å². The molecule has 1 N–H and O–H groups in total. The fourth-order valence-electron chi connectivity index (χ4n) is 3.61. The van der Waals surface area contributed by atoms with E-state index in [1.54, 1.807) is 49.4 Å². The van der Waals surface area contributed by atoms with Crippen molar-refractivity contribution >= 4 is 52.2 Å². The molecule has 1 aromatic heterocycles. The largest absolute Gasteiger partial charge is 0.325 e. The van der Waals surface area contributed by atoms with E-state index >= 15 is 0 Å². The Balaban J connectivity index is 1.68. The van der Waals surface area contributed by atoms with Crippen LogP contribution in [-0.4, -0.2) is 21.6 Å². The predicted molar refractivity (Wildman–Crippen MR) is 147 cm³/mol. The van der Waals surface area contributed by atoms with Gasteiger partial charge in [-0.2, -0.15) is 5.26 Å². The van der Waals surface area contributed by atoms with Crippen molar-refractivity contribution in [2.24, 2.45) is 0 Å². The van der Waals surface area contributed by atoms with E-state index in [4.69, 9.17) is 23.2 Å². The number of nitro groups is 1. The molecule has 10 heteroatoms. The number of amides is 1. The van der Waals surface area contributed by atoms with E-state index in [9.17, 15) is 20.2 Å². The van der Waals surface area contributed by atoms with E-state index in [0.717, 1.165) is 17.3 Å². The number of carbonyl (C=O) groups excluding carboxylic acids is 1. The van der Waals surface area contributed by atoms with Gasteiger partial charge in [0.05, 0.1) is 21.9 Å². The second-order valence-corrected chi connectivity index (χ2v) is 9.74. The number of aromatic nitrogens is 1. The van der Waals surface area contributed by atoms with E-state index in [-0.39, 0.29) is 17.0 Å². The van der Waals surface area contributed by atoms with Gasteiger partial charge in [-0.05, 0) is 37.3 Å². The number of nitrogens with zero attached hydrogens (tertiary/aromatic N) is 3. The zero-order chi connectivity index (χ0) is 26.5. The summed E-state index contributed by atoms with van der Waals surface area (Å²) in [6, 6.07) is 22.8. The van der Waals surface area contributed by atoms with Gasteiger partial charge in [0.1, 0.15) is 11.1 Å². The quantitative estimate of drug-likeness (QED) is 0.145. The second kappa shape index (κ2) is 11.4. The molecule has 1 amide bonds. The number of halogens is 2. The van der Waals surface area contributed by atoms with Crippen molar-refractivity contribution in [3.8, 4) is 28.5 Å². The molecule has 0 bridgehead atoms. The minimum Gasteiger partial charge on any atom is -0.325 e. The smallest absolute Gasteiger partial charge is 0.274 e. The molecule has 0 aliphatic heterocycles. The van der Waals surface area contributed by atoms with Gasteiger partial charge in [0, 0.05) is 44.1 Å². The number of hydrogen-bond acceptors (Lipinski definition) is 6. The first kappa shape index (κ1) is 26.2. The molecule has 0 unspecified atom stereocenters. The van der Waals surface area contributed by atoms with Crippen molar-refractivity contribution in [1.82, 2.24) is 4.98 Å². The minimum absolute atomic E-state index is 0.0740. The SMILES string of the molecule is Cc1ccc(NC(=O)CSc2nc(-c3ccc(Cl)cc3)cc(-c3ccccc3Cl)c2C#N)cc1[N+](=O)[O-]. The Morgan fingerprint density at radius 2 is 1.81 bits per heavy atom. The number of nitriles is 1. The van der Waals surface area contributed by atoms with Gasteiger partial charge < -0.3 is 5.32 Å². The van der Waals surface area contributed by atoms with Crippen LogP contribution in [0.2, 0.25) is 10.0 Å². The summed E-state index contributed by atoms with van der Waals surface area (Å²) in [5.41, 5.74) is 3.62. The molecular weight excluding hydrogens is 531 g/mol. The molecule has 0 fully saturated rings. The third-order valence-electron chi connectivity index (χ3n) is 5.43. The Morgan fingerprint density at radius 1 is 1.08 bits per heavy atom. The molecule has 0 aliphatic carbocycles. The molecule has 0 spiro atoms. The van der Waals surface area contributed by atoms with Gasteiger partial charge >= 0.3 is 0 Å². The Morgan fingerprint density at radius 3 is 2.49 bits per heavy atom. The number of benzene rings is 3. The van der Waals surface area contributed by atoms with Crippen LogP contribution in [0, 0.1) is 28.4 Å². The van der Waals surface area contributed by atoms with Crippen molar-refractivity contribution in [2.45, 2.75) is 11.9 Å². The number of hydrogen-bond donors (Lipinski definition) is 1. The highest BCUT2D eigenvalue weighted by Gasteiger charge is 2.19. The maximum Gasteiger partial charge on any atom is 0.274 e. The van der Waals surface area contributed by atoms with Crippen LogP contribution in [0.1, 0.15) is 11.1 Å². The van der Waals surface area contributed by atoms with E-state index in [0.29, 0.717) is 43.1 Å². The van der Waals surface area contributed by atoms with Gasteiger partial charge in [-0.25, -0.2) is 4.98 Å². The Hall–Kier alpha value is -3.90. The fourth-order valence-corrected chi connectivity index (χ4v) is 4.78. The lowest BCUT2D eigenvalue weighted by molar-refractivity contribution is -0.385. The Bertz CT molecular complexity index is 1550. The first-order chi connectivity index (χ1) is 17.8. The van der Waals surface area contributed by atoms with Crippen LogP contribution in [0.25, 0.3) is 22.4 Å². The van der Waals surface area contributed by atoms with E-state index in [2.05, 4.69) is 16.4 Å². The molecule has 184 valence electrons. The Kier molecular flexibility index (Phi) is 8.09. The van der Waals surface area contributed by atoms with Crippen molar-refractivity contribution in [3.05, 3.63) is 104 Å². The third-order valence-corrected chi connectivity index (χ3v) is 6.99. The topological polar surface area (TPSA) is 109 Å². The molecule has 0 radical (unpaired) electrons. The highest BCUT2D eigenvalue weighted by atomic mass is 35.5. The number of rotatable bonds is 7. The lowest BCUT2D eigenvalue weighted by atomic mass is 9.99. The molecule has 7 nitrogen and oxygen atoms in total. The number of nitro benzene ring substituents is 1. The normalized spacial score (nSPS) is 10.5. The summed E-state index contributed by atoms with van der Waals surface area (Å²) in [5.74, 6) is -0.472. The number of thioether (sulfide) groups is 1. The average Bonchev–Trinajstić information content (AvgIpc) is 2.88. The van der Waals surface area contributed by atoms with Crippen LogP contribution in [0.5, 0.6) is 0 Å². The summed E-state index contributed by atoms with van der Waals surface area (Å²) in [7, 11) is 0. The van der Waals surface area contributed by atoms with Crippen molar-refractivity contribution < 1.29 is 9.72 Å². The van der Waals surface area contributed by atoms with Gasteiger partial charge in [0.15, 0.2) is 0 Å². The number of anilines is 1. The molecule has 1 heterocycles. The highest BCUT2D eigenvalue weighted by Crippen LogP contribution is 2.37. The van der Waals surface area contributed by atoms with Crippen molar-refractivity contribution in [2.75, 3.05) is 11.1 Å². The van der Waals surface area contributed by atoms with Crippen LogP contribution < -0.4 is 5.32 Å². The monoisotopic (exact) mass is 548 g/mol. The maximum absolute atomic E-state index is 12.7. The number of nitrogens with one attached hydrogen (secondary N) is 1. The lowest BCUT2D eigenvalue weighted by Crippen LogP contribution is -2.14. The van der Waals surface area contributed by atoms with Gasteiger partial charge in [-0.15, -0.1) is 0 Å². The van der Waals surface area contributed by atoms with Crippen LogP contribution in [0.4, 0.5) is 11.4 Å². The number of carbonyl (C=O) groups is 1. The van der Waals surface area contributed by atoms with Crippen LogP contribution in [0.3, 0.4) is 0 Å². The molecule has 4 rings (SSSR count). The van der Waals surface area contributed by atoms with E-state index < -0.39 is 10.8 Å². The predicted octanol–water partition coefficient (Wildman–Crippen LogP) is 7.54. The Labute approximate surface area is 227 Å². The summed E-state index contributed by atoms with van der Waals surface area (Å²) >= 11 is 13.6. The number of aryl methyl sites for hydroxylation is 1. The first-order valence-electron chi connectivity index (χ1n) is 10.9. The fraction of sp³-hybridized carbons (Fsp3) is 0.0741. The van der Waals surface area contributed by atoms with E-state index in [1.165, 1.54) is 6.07 Å².